The maximum Gasteiger partial charge on any atom is 0.270 e. The van der Waals surface area contributed by atoms with Crippen molar-refractivity contribution in [3.05, 3.63) is 93.3 Å². The Kier molecular flexibility index (Phi) is 7.37. The smallest absolute Gasteiger partial charge is 0.270 e. The summed E-state index contributed by atoms with van der Waals surface area (Å²) in [4.78, 5) is 14.9. The molecule has 1 fully saturated rings. The SMILES string of the molecule is O=C1C(=Cc2cc(Cl)c(OCCOc3ccccc3)c(Cl)c2)SC(=S)N1c1ccccc1. The Morgan fingerprint density at radius 2 is 1.50 bits per heavy atom. The second-order valence-electron chi connectivity index (χ2n) is 6.68. The van der Waals surface area contributed by atoms with Crippen LogP contribution in [0.15, 0.2) is 77.7 Å². The molecule has 0 aliphatic carbocycles. The summed E-state index contributed by atoms with van der Waals surface area (Å²) in [5.41, 5.74) is 1.41. The summed E-state index contributed by atoms with van der Waals surface area (Å²) in [5.74, 6) is 0.951. The molecule has 4 rings (SSSR count). The van der Waals surface area contributed by atoms with E-state index in [1.165, 1.54) is 16.7 Å². The number of hydrogen-bond acceptors (Lipinski definition) is 5. The molecule has 1 aliphatic rings. The number of nitrogens with zero attached hydrogens (tertiary/aromatic N) is 1. The van der Waals surface area contributed by atoms with Crippen LogP contribution >= 0.6 is 47.2 Å². The molecule has 0 N–H and O–H groups in total. The minimum atomic E-state index is -0.183. The summed E-state index contributed by atoms with van der Waals surface area (Å²) in [6, 6.07) is 22.2. The van der Waals surface area contributed by atoms with Crippen LogP contribution in [0.25, 0.3) is 6.08 Å². The molecular weight excluding hydrogens is 485 g/mol. The van der Waals surface area contributed by atoms with Crippen LogP contribution in [-0.2, 0) is 4.79 Å². The van der Waals surface area contributed by atoms with Crippen LogP contribution in [-0.4, -0.2) is 23.4 Å². The first-order chi connectivity index (χ1) is 15.5. The molecule has 0 radical (unpaired) electrons. The van der Waals surface area contributed by atoms with E-state index >= 15 is 0 Å². The number of ether oxygens (including phenoxy) is 2. The number of carbonyl (C=O) groups is 1. The lowest BCUT2D eigenvalue weighted by Gasteiger charge is -2.14. The molecule has 1 saturated heterocycles. The lowest BCUT2D eigenvalue weighted by atomic mass is 10.2. The number of carbonyl (C=O) groups excluding carboxylic acids is 1. The highest BCUT2D eigenvalue weighted by atomic mass is 35.5. The Balaban J connectivity index is 1.44. The van der Waals surface area contributed by atoms with Crippen molar-refractivity contribution in [3.63, 3.8) is 0 Å². The van der Waals surface area contributed by atoms with Gasteiger partial charge in [0.25, 0.3) is 5.91 Å². The van der Waals surface area contributed by atoms with Crippen molar-refractivity contribution in [1.29, 1.82) is 0 Å². The van der Waals surface area contributed by atoms with Crippen LogP contribution in [0.2, 0.25) is 10.0 Å². The van der Waals surface area contributed by atoms with Crippen molar-refractivity contribution in [2.24, 2.45) is 0 Å². The predicted octanol–water partition coefficient (Wildman–Crippen LogP) is 6.86. The summed E-state index contributed by atoms with van der Waals surface area (Å²) in [5, 5.41) is 0.698. The number of halogens is 2. The molecule has 0 saturated carbocycles. The zero-order valence-electron chi connectivity index (χ0n) is 16.7. The van der Waals surface area contributed by atoms with Gasteiger partial charge in [0.15, 0.2) is 10.1 Å². The number of amides is 1. The maximum absolute atomic E-state index is 12.9. The molecule has 0 spiro atoms. The third-order valence-electron chi connectivity index (χ3n) is 4.47. The van der Waals surface area contributed by atoms with Crippen molar-refractivity contribution in [3.8, 4) is 11.5 Å². The highest BCUT2D eigenvalue weighted by Gasteiger charge is 2.33. The van der Waals surface area contributed by atoms with E-state index in [0.717, 1.165) is 11.4 Å². The quantitative estimate of drug-likeness (QED) is 0.201. The number of thiocarbonyl (C=S) groups is 1. The van der Waals surface area contributed by atoms with Crippen LogP contribution in [0.4, 0.5) is 5.69 Å². The summed E-state index contributed by atoms with van der Waals surface area (Å²) in [6.45, 7) is 0.629. The van der Waals surface area contributed by atoms with Crippen LogP contribution < -0.4 is 14.4 Å². The zero-order chi connectivity index (χ0) is 22.5. The molecule has 3 aromatic carbocycles. The third kappa shape index (κ3) is 5.27. The lowest BCUT2D eigenvalue weighted by Crippen LogP contribution is -2.27. The largest absolute Gasteiger partial charge is 0.490 e. The summed E-state index contributed by atoms with van der Waals surface area (Å²) >= 11 is 19.4. The average molecular weight is 502 g/mol. The Hall–Kier alpha value is -2.51. The van der Waals surface area contributed by atoms with Gasteiger partial charge in [-0.1, -0.05) is 83.6 Å². The molecule has 1 aliphatic heterocycles. The first-order valence-corrected chi connectivity index (χ1v) is 11.6. The molecule has 1 amide bonds. The molecule has 4 nitrogen and oxygen atoms in total. The molecule has 1 heterocycles. The molecule has 0 aromatic heterocycles. The Labute approximate surface area is 205 Å². The predicted molar refractivity (Wildman–Crippen MR) is 136 cm³/mol. The van der Waals surface area contributed by atoms with Gasteiger partial charge < -0.3 is 9.47 Å². The first kappa shape index (κ1) is 22.7. The van der Waals surface area contributed by atoms with Gasteiger partial charge in [-0.3, -0.25) is 9.69 Å². The monoisotopic (exact) mass is 501 g/mol. The fraction of sp³-hybridized carbons (Fsp3) is 0.0833. The number of benzene rings is 3. The van der Waals surface area contributed by atoms with Gasteiger partial charge in [0.2, 0.25) is 0 Å². The third-order valence-corrected chi connectivity index (χ3v) is 6.33. The molecule has 8 heteroatoms. The first-order valence-electron chi connectivity index (χ1n) is 9.65. The van der Waals surface area contributed by atoms with Crippen molar-refractivity contribution >= 4 is 69.2 Å². The van der Waals surface area contributed by atoms with E-state index in [2.05, 4.69) is 0 Å². The second kappa shape index (κ2) is 10.4. The number of hydrogen-bond donors (Lipinski definition) is 0. The molecule has 0 bridgehead atoms. The van der Waals surface area contributed by atoms with E-state index in [1.807, 2.05) is 60.7 Å². The van der Waals surface area contributed by atoms with Gasteiger partial charge in [0, 0.05) is 0 Å². The number of anilines is 1. The number of para-hydroxylation sites is 2. The molecule has 3 aromatic rings. The van der Waals surface area contributed by atoms with Crippen molar-refractivity contribution < 1.29 is 14.3 Å². The molecule has 0 atom stereocenters. The normalized spacial score (nSPS) is 14.8. The van der Waals surface area contributed by atoms with Gasteiger partial charge in [0.1, 0.15) is 19.0 Å². The highest BCUT2D eigenvalue weighted by molar-refractivity contribution is 8.27. The Morgan fingerprint density at radius 1 is 0.906 bits per heavy atom. The number of rotatable bonds is 7. The van der Waals surface area contributed by atoms with Crippen LogP contribution in [0.1, 0.15) is 5.56 Å². The summed E-state index contributed by atoms with van der Waals surface area (Å²) in [6.07, 6.45) is 1.72. The topological polar surface area (TPSA) is 38.8 Å². The minimum absolute atomic E-state index is 0.183. The van der Waals surface area contributed by atoms with Crippen LogP contribution in [0.5, 0.6) is 11.5 Å². The van der Waals surface area contributed by atoms with E-state index in [0.29, 0.717) is 37.2 Å². The zero-order valence-corrected chi connectivity index (χ0v) is 19.8. The standard InChI is InChI=1S/C24H17Cl2NO3S2/c25-19-13-16(14-20(26)22(19)30-12-11-29-18-9-5-2-6-10-18)15-21-23(28)27(24(31)32-21)17-7-3-1-4-8-17/h1-10,13-15H,11-12H2. The highest BCUT2D eigenvalue weighted by Crippen LogP contribution is 2.38. The van der Waals surface area contributed by atoms with Crippen LogP contribution in [0, 0.1) is 0 Å². The van der Waals surface area contributed by atoms with Crippen LogP contribution in [0.3, 0.4) is 0 Å². The van der Waals surface area contributed by atoms with E-state index in [1.54, 1.807) is 18.2 Å². The van der Waals surface area contributed by atoms with E-state index in [4.69, 9.17) is 44.9 Å². The van der Waals surface area contributed by atoms with Crippen molar-refractivity contribution in [2.75, 3.05) is 18.1 Å². The van der Waals surface area contributed by atoms with E-state index in [-0.39, 0.29) is 12.5 Å². The molecule has 0 unspecified atom stereocenters. The van der Waals surface area contributed by atoms with Gasteiger partial charge in [-0.25, -0.2) is 0 Å². The second-order valence-corrected chi connectivity index (χ2v) is 9.17. The van der Waals surface area contributed by atoms with E-state index in [9.17, 15) is 4.79 Å². The molecule has 162 valence electrons. The van der Waals surface area contributed by atoms with E-state index < -0.39 is 0 Å². The van der Waals surface area contributed by atoms with Gasteiger partial charge in [-0.05, 0) is 48.0 Å². The lowest BCUT2D eigenvalue weighted by molar-refractivity contribution is -0.113. The molecule has 32 heavy (non-hydrogen) atoms. The average Bonchev–Trinajstić information content (AvgIpc) is 3.06. The number of thioether (sulfide) groups is 1. The Bertz CT molecular complexity index is 1150. The summed E-state index contributed by atoms with van der Waals surface area (Å²) < 4.78 is 11.8. The fourth-order valence-electron chi connectivity index (χ4n) is 3.04. The van der Waals surface area contributed by atoms with Gasteiger partial charge in [-0.15, -0.1) is 0 Å². The van der Waals surface area contributed by atoms with Gasteiger partial charge >= 0.3 is 0 Å². The summed E-state index contributed by atoms with van der Waals surface area (Å²) in [7, 11) is 0. The minimum Gasteiger partial charge on any atom is -0.490 e. The van der Waals surface area contributed by atoms with Crippen molar-refractivity contribution in [2.45, 2.75) is 0 Å². The Morgan fingerprint density at radius 3 is 2.16 bits per heavy atom. The molecular formula is C24H17Cl2NO3S2. The maximum atomic E-state index is 12.9. The van der Waals surface area contributed by atoms with Crippen molar-refractivity contribution in [1.82, 2.24) is 0 Å². The van der Waals surface area contributed by atoms with Gasteiger partial charge in [-0.2, -0.15) is 0 Å². The fourth-order valence-corrected chi connectivity index (χ4v) is 4.95. The van der Waals surface area contributed by atoms with Gasteiger partial charge in [0.05, 0.1) is 20.6 Å².